The van der Waals surface area contributed by atoms with Gasteiger partial charge in [-0.25, -0.2) is 0 Å². The lowest BCUT2D eigenvalue weighted by Gasteiger charge is -2.13. The van der Waals surface area contributed by atoms with Gasteiger partial charge in [-0.2, -0.15) is 0 Å². The summed E-state index contributed by atoms with van der Waals surface area (Å²) in [5.41, 5.74) is 1.98. The van der Waals surface area contributed by atoms with Crippen molar-refractivity contribution in [1.29, 1.82) is 0 Å². The summed E-state index contributed by atoms with van der Waals surface area (Å²) in [6.45, 7) is 5.00. The molecule has 0 aliphatic rings. The molecule has 3 heteroatoms. The second-order valence-electron chi connectivity index (χ2n) is 5.64. The molecule has 2 aromatic carbocycles. The standard InChI is InChI=1S/C20H25O2P/c1-3-4-5-9-14-22-18-12-13-19(16(2)15-18)23-20(21)17-10-7-6-8-11-17/h6-8,10-13,15,21H,3-5,9,14H2,1-2H3/p-1. The van der Waals surface area contributed by atoms with Crippen molar-refractivity contribution in [2.24, 2.45) is 0 Å². The smallest absolute Gasteiger partial charge is 0.119 e. The van der Waals surface area contributed by atoms with Crippen LogP contribution in [0.1, 0.15) is 43.7 Å². The Hall–Kier alpha value is -1.63. The molecule has 0 aliphatic heterocycles. The topological polar surface area (TPSA) is 32.3 Å². The van der Waals surface area contributed by atoms with Crippen LogP contribution in [0.5, 0.6) is 5.75 Å². The van der Waals surface area contributed by atoms with Crippen molar-refractivity contribution in [3.05, 3.63) is 59.7 Å². The van der Waals surface area contributed by atoms with E-state index in [4.69, 9.17) is 4.74 Å². The molecule has 2 rings (SSSR count). The highest BCUT2D eigenvalue weighted by Crippen LogP contribution is 2.16. The maximum Gasteiger partial charge on any atom is 0.119 e. The van der Waals surface area contributed by atoms with Crippen molar-refractivity contribution in [3.8, 4) is 5.75 Å². The Morgan fingerprint density at radius 2 is 1.83 bits per heavy atom. The first kappa shape index (κ1) is 17.7. The number of hydrogen-bond donors (Lipinski definition) is 0. The highest BCUT2D eigenvalue weighted by atomic mass is 31.1. The highest BCUT2D eigenvalue weighted by Gasteiger charge is 2.00. The van der Waals surface area contributed by atoms with Crippen molar-refractivity contribution in [2.45, 2.75) is 39.5 Å². The number of benzene rings is 2. The summed E-state index contributed by atoms with van der Waals surface area (Å²) in [4.78, 5) is 0. The molecule has 0 saturated heterocycles. The lowest BCUT2D eigenvalue weighted by atomic mass is 10.2. The zero-order valence-corrected chi connectivity index (χ0v) is 14.8. The molecule has 122 valence electrons. The summed E-state index contributed by atoms with van der Waals surface area (Å²) in [6, 6.07) is 15.4. The molecule has 0 bridgehead atoms. The molecule has 0 amide bonds. The molecule has 23 heavy (non-hydrogen) atoms. The van der Waals surface area contributed by atoms with Crippen LogP contribution < -0.4 is 15.1 Å². The second-order valence-corrected chi connectivity index (χ2v) is 6.75. The second kappa shape index (κ2) is 9.50. The van der Waals surface area contributed by atoms with E-state index < -0.39 is 0 Å². The van der Waals surface area contributed by atoms with E-state index in [-0.39, 0.29) is 5.48 Å². The van der Waals surface area contributed by atoms with E-state index in [0.29, 0.717) is 8.20 Å². The van der Waals surface area contributed by atoms with Crippen LogP contribution in [-0.4, -0.2) is 12.1 Å². The zero-order chi connectivity index (χ0) is 16.5. The number of rotatable bonds is 8. The van der Waals surface area contributed by atoms with Gasteiger partial charge in [0.2, 0.25) is 0 Å². The lowest BCUT2D eigenvalue weighted by Crippen LogP contribution is -2.18. The van der Waals surface area contributed by atoms with Crippen LogP contribution in [0.2, 0.25) is 0 Å². The van der Waals surface area contributed by atoms with Crippen LogP contribution in [0.4, 0.5) is 0 Å². The number of unbranched alkanes of at least 4 members (excludes halogenated alkanes) is 3. The van der Waals surface area contributed by atoms with Gasteiger partial charge >= 0.3 is 0 Å². The van der Waals surface area contributed by atoms with Crippen molar-refractivity contribution in [2.75, 3.05) is 6.61 Å². The van der Waals surface area contributed by atoms with Gasteiger partial charge in [-0.3, -0.25) is 0 Å². The third-order valence-electron chi connectivity index (χ3n) is 3.68. The predicted molar refractivity (Wildman–Crippen MR) is 97.9 cm³/mol. The van der Waals surface area contributed by atoms with Gasteiger partial charge in [0.05, 0.1) is 6.61 Å². The van der Waals surface area contributed by atoms with E-state index in [1.807, 2.05) is 55.5 Å². The van der Waals surface area contributed by atoms with Crippen LogP contribution in [0.15, 0.2) is 48.5 Å². The maximum absolute atomic E-state index is 12.3. The van der Waals surface area contributed by atoms with Crippen LogP contribution in [0, 0.1) is 6.92 Å². The predicted octanol–water partition coefficient (Wildman–Crippen LogP) is 4.06. The maximum atomic E-state index is 12.3. The summed E-state index contributed by atoms with van der Waals surface area (Å²) in [5.74, 6) is 0.894. The quantitative estimate of drug-likeness (QED) is 0.541. The minimum absolute atomic E-state index is 0.127. The van der Waals surface area contributed by atoms with Crippen molar-refractivity contribution in [1.82, 2.24) is 0 Å². The first-order valence-electron chi connectivity index (χ1n) is 8.25. The van der Waals surface area contributed by atoms with Crippen LogP contribution in [-0.2, 0) is 0 Å². The van der Waals surface area contributed by atoms with Gasteiger partial charge in [-0.1, -0.05) is 64.7 Å². The van der Waals surface area contributed by atoms with E-state index in [1.54, 1.807) is 0 Å². The minimum Gasteiger partial charge on any atom is -0.823 e. The number of hydrogen-bond acceptors (Lipinski definition) is 2. The number of ether oxygens (including phenoxy) is 1. The van der Waals surface area contributed by atoms with E-state index in [2.05, 4.69) is 6.92 Å². The van der Waals surface area contributed by atoms with Gasteiger partial charge in [0, 0.05) is 5.30 Å². The molecule has 0 saturated carbocycles. The highest BCUT2D eigenvalue weighted by molar-refractivity contribution is 7.49. The van der Waals surface area contributed by atoms with E-state index in [1.165, 1.54) is 19.3 Å². The van der Waals surface area contributed by atoms with Crippen molar-refractivity contribution < 1.29 is 9.84 Å². The van der Waals surface area contributed by atoms with Gasteiger partial charge in [-0.05, 0) is 42.7 Å². The Labute approximate surface area is 140 Å². The molecule has 0 unspecified atom stereocenters. The molecule has 0 aromatic heterocycles. The molecular weight excluding hydrogens is 303 g/mol. The van der Waals surface area contributed by atoms with Crippen molar-refractivity contribution in [3.63, 3.8) is 0 Å². The molecule has 0 radical (unpaired) electrons. The minimum atomic E-state index is 0.127. The van der Waals surface area contributed by atoms with Gasteiger partial charge in [0.15, 0.2) is 0 Å². The van der Waals surface area contributed by atoms with Gasteiger partial charge in [0.25, 0.3) is 0 Å². The SMILES string of the molecule is CCCCCCOc1ccc(P=C([O-])c2ccccc2)c(C)c1. The first-order chi connectivity index (χ1) is 11.2. The molecule has 0 spiro atoms. The average Bonchev–Trinajstić information content (AvgIpc) is 2.57. The Bertz CT molecular complexity index is 635. The Balaban J connectivity index is 1.99. The van der Waals surface area contributed by atoms with E-state index in [9.17, 15) is 5.11 Å². The summed E-state index contributed by atoms with van der Waals surface area (Å²) >= 11 is 0. The third-order valence-corrected chi connectivity index (χ3v) is 4.88. The normalized spacial score (nSPS) is 11.5. The Kier molecular flexibility index (Phi) is 7.32. The summed E-state index contributed by atoms with van der Waals surface area (Å²) in [7, 11) is 0.716. The third kappa shape index (κ3) is 5.82. The number of aryl methyl sites for hydroxylation is 1. The van der Waals surface area contributed by atoms with Crippen LogP contribution in [0.3, 0.4) is 0 Å². The van der Waals surface area contributed by atoms with E-state index >= 15 is 0 Å². The van der Waals surface area contributed by atoms with Gasteiger partial charge in [0.1, 0.15) is 5.75 Å². The molecule has 0 atom stereocenters. The Morgan fingerprint density at radius 1 is 1.04 bits per heavy atom. The first-order valence-corrected chi connectivity index (χ1v) is 9.14. The molecule has 0 N–H and O–H groups in total. The van der Waals surface area contributed by atoms with Crippen LogP contribution in [0.25, 0.3) is 0 Å². The average molecular weight is 327 g/mol. The molecule has 0 fully saturated rings. The zero-order valence-electron chi connectivity index (χ0n) is 13.9. The monoisotopic (exact) mass is 327 g/mol. The Morgan fingerprint density at radius 3 is 2.52 bits per heavy atom. The summed E-state index contributed by atoms with van der Waals surface area (Å²) in [5, 5.41) is 13.3. The van der Waals surface area contributed by atoms with Gasteiger partial charge in [-0.15, -0.1) is 5.48 Å². The fourth-order valence-electron chi connectivity index (χ4n) is 2.32. The molecule has 2 nitrogen and oxygen atoms in total. The largest absolute Gasteiger partial charge is 0.823 e. The van der Waals surface area contributed by atoms with Crippen molar-refractivity contribution >= 4 is 19.0 Å². The fraction of sp³-hybridized carbons (Fsp3) is 0.350. The summed E-state index contributed by atoms with van der Waals surface area (Å²) < 4.78 is 5.79. The van der Waals surface area contributed by atoms with Gasteiger partial charge < -0.3 is 9.84 Å². The molecule has 2 aromatic rings. The molecular formula is C20H24O2P-. The van der Waals surface area contributed by atoms with Crippen LogP contribution >= 0.6 is 8.20 Å². The van der Waals surface area contributed by atoms with E-state index in [0.717, 1.165) is 35.2 Å². The fourth-order valence-corrected chi connectivity index (χ4v) is 3.20. The molecule has 0 aliphatic carbocycles. The lowest BCUT2D eigenvalue weighted by molar-refractivity contribution is -0.207. The molecule has 0 heterocycles. The summed E-state index contributed by atoms with van der Waals surface area (Å²) in [6.07, 6.45) is 4.82.